The van der Waals surface area contributed by atoms with E-state index in [2.05, 4.69) is 5.32 Å². The molecule has 32 heavy (non-hydrogen) atoms. The molecule has 0 spiro atoms. The number of sulfonamides is 1. The predicted octanol–water partition coefficient (Wildman–Crippen LogP) is 3.73. The zero-order valence-corrected chi connectivity index (χ0v) is 18.1. The van der Waals surface area contributed by atoms with Crippen molar-refractivity contribution in [1.82, 2.24) is 4.31 Å². The normalized spacial score (nSPS) is 11.6. The molecule has 4 aromatic rings. The molecule has 0 radical (unpaired) electrons. The van der Waals surface area contributed by atoms with Crippen LogP contribution in [0.25, 0.3) is 21.9 Å². The average molecular weight is 449 g/mol. The largest absolute Gasteiger partial charge is 0.495 e. The molecular weight excluding hydrogens is 430 g/mol. The molecule has 4 rings (SSSR count). The fourth-order valence-corrected chi connectivity index (χ4v) is 4.50. The van der Waals surface area contributed by atoms with Crippen LogP contribution < -0.4 is 10.1 Å². The molecule has 0 unspecified atom stereocenters. The first-order chi connectivity index (χ1) is 15.3. The second-order valence-corrected chi connectivity index (χ2v) is 9.14. The van der Waals surface area contributed by atoms with Crippen LogP contribution in [0.5, 0.6) is 5.75 Å². The van der Waals surface area contributed by atoms with Crippen LogP contribution in [0.4, 0.5) is 5.69 Å². The summed E-state index contributed by atoms with van der Waals surface area (Å²) in [6, 6.07) is 18.4. The Bertz CT molecular complexity index is 1470. The Hall–Kier alpha value is -3.87. The molecule has 0 saturated heterocycles. The van der Waals surface area contributed by atoms with Gasteiger partial charge in [-0.1, -0.05) is 18.2 Å². The Morgan fingerprint density at radius 3 is 2.50 bits per heavy atom. The zero-order valence-electron chi connectivity index (χ0n) is 17.3. The summed E-state index contributed by atoms with van der Waals surface area (Å²) in [6.07, 6.45) is 0. The summed E-state index contributed by atoms with van der Waals surface area (Å²) in [5, 5.41) is 13.3. The minimum absolute atomic E-state index is 0.00641. The van der Waals surface area contributed by atoms with E-state index in [1.54, 1.807) is 12.1 Å². The molecule has 8 nitrogen and oxygen atoms in total. The van der Waals surface area contributed by atoms with Crippen molar-refractivity contribution in [3.8, 4) is 11.8 Å². The van der Waals surface area contributed by atoms with E-state index in [1.165, 1.54) is 38.4 Å². The molecule has 0 aliphatic carbocycles. The highest BCUT2D eigenvalue weighted by atomic mass is 32.2. The Kier molecular flexibility index (Phi) is 5.57. The number of carbonyl (C=O) groups is 1. The summed E-state index contributed by atoms with van der Waals surface area (Å²) in [5.41, 5.74) is 1.99. The van der Waals surface area contributed by atoms with E-state index in [0.717, 1.165) is 15.1 Å². The highest BCUT2D eigenvalue weighted by Gasteiger charge is 2.23. The molecular formula is C23H19N3O5S. The Morgan fingerprint density at radius 2 is 1.81 bits per heavy atom. The summed E-state index contributed by atoms with van der Waals surface area (Å²) < 4.78 is 37.7. The van der Waals surface area contributed by atoms with Gasteiger partial charge in [0.2, 0.25) is 15.9 Å². The summed E-state index contributed by atoms with van der Waals surface area (Å²) in [7, 11) is -1.11. The fraction of sp³-hybridized carbons (Fsp3) is 0.130. The van der Waals surface area contributed by atoms with Crippen molar-refractivity contribution < 1.29 is 22.4 Å². The summed E-state index contributed by atoms with van der Waals surface area (Å²) in [6.45, 7) is -0.413. The van der Waals surface area contributed by atoms with E-state index < -0.39 is 22.5 Å². The first-order valence-corrected chi connectivity index (χ1v) is 11.0. The molecule has 1 aromatic heterocycles. The van der Waals surface area contributed by atoms with E-state index in [-0.39, 0.29) is 4.90 Å². The summed E-state index contributed by atoms with van der Waals surface area (Å²) in [5.74, 6) is -0.117. The van der Waals surface area contributed by atoms with Gasteiger partial charge in [-0.15, -0.1) is 0 Å². The summed E-state index contributed by atoms with van der Waals surface area (Å²) >= 11 is 0. The van der Waals surface area contributed by atoms with E-state index >= 15 is 0 Å². The molecule has 0 bridgehead atoms. The molecule has 3 aromatic carbocycles. The van der Waals surface area contributed by atoms with Gasteiger partial charge in [0.15, 0.2) is 0 Å². The van der Waals surface area contributed by atoms with Crippen LogP contribution in [0.15, 0.2) is 70.0 Å². The van der Waals surface area contributed by atoms with Gasteiger partial charge in [-0.05, 0) is 36.4 Å². The molecule has 0 fully saturated rings. The van der Waals surface area contributed by atoms with Crippen molar-refractivity contribution in [2.45, 2.75) is 4.90 Å². The minimum atomic E-state index is -3.91. The third kappa shape index (κ3) is 3.89. The van der Waals surface area contributed by atoms with Crippen molar-refractivity contribution in [2.24, 2.45) is 0 Å². The number of furan rings is 1. The first kappa shape index (κ1) is 21.4. The maximum atomic E-state index is 12.7. The monoisotopic (exact) mass is 449 g/mol. The third-order valence-corrected chi connectivity index (χ3v) is 6.85. The Morgan fingerprint density at radius 1 is 1.09 bits per heavy atom. The highest BCUT2D eigenvalue weighted by molar-refractivity contribution is 7.89. The first-order valence-electron chi connectivity index (χ1n) is 9.59. The molecule has 1 heterocycles. The van der Waals surface area contributed by atoms with Crippen molar-refractivity contribution in [1.29, 1.82) is 5.26 Å². The van der Waals surface area contributed by atoms with Gasteiger partial charge in [-0.3, -0.25) is 4.79 Å². The van der Waals surface area contributed by atoms with Gasteiger partial charge in [0.1, 0.15) is 16.9 Å². The van der Waals surface area contributed by atoms with Gasteiger partial charge in [0, 0.05) is 23.9 Å². The molecule has 162 valence electrons. The van der Waals surface area contributed by atoms with E-state index in [0.29, 0.717) is 28.2 Å². The number of amides is 1. The number of nitrogens with zero attached hydrogens (tertiary/aromatic N) is 2. The number of nitriles is 1. The number of fused-ring (bicyclic) bond motifs is 3. The van der Waals surface area contributed by atoms with Gasteiger partial charge in [-0.25, -0.2) is 8.42 Å². The van der Waals surface area contributed by atoms with Crippen LogP contribution in [-0.4, -0.2) is 39.3 Å². The number of para-hydroxylation sites is 1. The van der Waals surface area contributed by atoms with Crippen molar-refractivity contribution >= 4 is 43.6 Å². The number of ether oxygens (including phenoxy) is 1. The van der Waals surface area contributed by atoms with Gasteiger partial charge >= 0.3 is 0 Å². The lowest BCUT2D eigenvalue weighted by molar-refractivity contribution is -0.116. The van der Waals surface area contributed by atoms with Crippen LogP contribution in [0, 0.1) is 11.3 Å². The van der Waals surface area contributed by atoms with Crippen molar-refractivity contribution in [3.05, 3.63) is 66.2 Å². The number of hydrogen-bond donors (Lipinski definition) is 1. The second-order valence-electron chi connectivity index (χ2n) is 7.09. The lowest BCUT2D eigenvalue weighted by Gasteiger charge is -2.17. The minimum Gasteiger partial charge on any atom is -0.495 e. The molecule has 1 amide bonds. The number of likely N-dealkylation sites (N-methyl/N-ethyl adjacent to an activating group) is 1. The number of carbonyl (C=O) groups excluding carboxylic acids is 1. The van der Waals surface area contributed by atoms with Gasteiger partial charge in [-0.2, -0.15) is 9.57 Å². The standard InChI is InChI=1S/C23H19N3O5S/c1-26(32(28,29)16-9-7-15(13-24)8-10-16)14-23(27)25-19-12-21-18(11-22(19)30-2)17-5-3-4-6-20(17)31-21/h3-12H,14H2,1-2H3,(H,25,27). The lowest BCUT2D eigenvalue weighted by Crippen LogP contribution is -2.35. The number of methoxy groups -OCH3 is 1. The summed E-state index contributed by atoms with van der Waals surface area (Å²) in [4.78, 5) is 12.6. The van der Waals surface area contributed by atoms with Crippen LogP contribution >= 0.6 is 0 Å². The molecule has 0 atom stereocenters. The van der Waals surface area contributed by atoms with Crippen LogP contribution in [0.2, 0.25) is 0 Å². The van der Waals surface area contributed by atoms with Crippen LogP contribution in [0.1, 0.15) is 5.56 Å². The quantitative estimate of drug-likeness (QED) is 0.480. The van der Waals surface area contributed by atoms with E-state index in [4.69, 9.17) is 14.4 Å². The second kappa shape index (κ2) is 8.34. The number of rotatable bonds is 6. The number of benzene rings is 3. The molecule has 0 aliphatic rings. The predicted molar refractivity (Wildman–Crippen MR) is 120 cm³/mol. The lowest BCUT2D eigenvalue weighted by atomic mass is 10.1. The van der Waals surface area contributed by atoms with Crippen LogP contribution in [0.3, 0.4) is 0 Å². The maximum absolute atomic E-state index is 12.7. The number of hydrogen-bond acceptors (Lipinski definition) is 6. The molecule has 9 heteroatoms. The molecule has 0 aliphatic heterocycles. The topological polar surface area (TPSA) is 113 Å². The van der Waals surface area contributed by atoms with Gasteiger partial charge in [0.05, 0.1) is 35.9 Å². The maximum Gasteiger partial charge on any atom is 0.243 e. The van der Waals surface area contributed by atoms with E-state index in [1.807, 2.05) is 30.3 Å². The van der Waals surface area contributed by atoms with Gasteiger partial charge < -0.3 is 14.5 Å². The molecule has 0 saturated carbocycles. The smallest absolute Gasteiger partial charge is 0.243 e. The third-order valence-electron chi connectivity index (χ3n) is 5.03. The average Bonchev–Trinajstić information content (AvgIpc) is 3.15. The van der Waals surface area contributed by atoms with Crippen molar-refractivity contribution in [2.75, 3.05) is 26.0 Å². The zero-order chi connectivity index (χ0) is 22.9. The Balaban J connectivity index is 1.56. The highest BCUT2D eigenvalue weighted by Crippen LogP contribution is 2.36. The molecule has 1 N–H and O–H groups in total. The fourth-order valence-electron chi connectivity index (χ4n) is 3.38. The SMILES string of the molecule is COc1cc2c(cc1NC(=O)CN(C)S(=O)(=O)c1ccc(C#N)cc1)oc1ccccc12. The van der Waals surface area contributed by atoms with Gasteiger partial charge in [0.25, 0.3) is 0 Å². The van der Waals surface area contributed by atoms with Crippen molar-refractivity contribution in [3.63, 3.8) is 0 Å². The van der Waals surface area contributed by atoms with E-state index in [9.17, 15) is 13.2 Å². The number of anilines is 1. The Labute approximate surface area is 184 Å². The van der Waals surface area contributed by atoms with Crippen LogP contribution in [-0.2, 0) is 14.8 Å². The number of nitrogens with one attached hydrogen (secondary N) is 1.